The van der Waals surface area contributed by atoms with Gasteiger partial charge in [-0.3, -0.25) is 4.98 Å². The maximum atomic E-state index is 5.89. The SMILES string of the molecule is CCc1cccc(C)c1NC(=S)N1CCn2cccc2[C@@H]1c1ccncc1. The summed E-state index contributed by atoms with van der Waals surface area (Å²) in [5.74, 6) is 0. The molecular weight excluding hydrogens is 352 g/mol. The Labute approximate surface area is 165 Å². The summed E-state index contributed by atoms with van der Waals surface area (Å²) < 4.78 is 2.31. The lowest BCUT2D eigenvalue weighted by Crippen LogP contribution is -2.44. The minimum Gasteiger partial charge on any atom is -0.348 e. The standard InChI is InChI=1S/C22H24N4S/c1-3-17-7-4-6-16(2)20(17)24-22(27)26-15-14-25-13-5-8-19(25)21(26)18-9-11-23-12-10-18/h4-13,21H,3,14-15H2,1-2H3,(H,24,27)/t21-/m0/s1. The second-order valence-electron chi connectivity index (χ2n) is 6.90. The first kappa shape index (κ1) is 17.7. The number of hydrogen-bond acceptors (Lipinski definition) is 2. The van der Waals surface area contributed by atoms with E-state index in [9.17, 15) is 0 Å². The molecule has 2 aromatic heterocycles. The predicted octanol–water partition coefficient (Wildman–Crippen LogP) is 4.56. The molecule has 5 heteroatoms. The van der Waals surface area contributed by atoms with Gasteiger partial charge < -0.3 is 14.8 Å². The van der Waals surface area contributed by atoms with Crippen LogP contribution in [0.3, 0.4) is 0 Å². The van der Waals surface area contributed by atoms with Gasteiger partial charge in [-0.05, 0) is 66.5 Å². The smallest absolute Gasteiger partial charge is 0.174 e. The van der Waals surface area contributed by atoms with Crippen molar-refractivity contribution >= 4 is 23.0 Å². The maximum Gasteiger partial charge on any atom is 0.174 e. The summed E-state index contributed by atoms with van der Waals surface area (Å²) >= 11 is 5.89. The molecule has 0 amide bonds. The summed E-state index contributed by atoms with van der Waals surface area (Å²) in [6.45, 7) is 6.11. The Morgan fingerprint density at radius 2 is 1.96 bits per heavy atom. The van der Waals surface area contributed by atoms with Crippen molar-refractivity contribution in [3.05, 3.63) is 83.4 Å². The number of nitrogens with zero attached hydrogens (tertiary/aromatic N) is 3. The van der Waals surface area contributed by atoms with Gasteiger partial charge in [-0.2, -0.15) is 0 Å². The van der Waals surface area contributed by atoms with Crippen molar-refractivity contribution in [2.24, 2.45) is 0 Å². The van der Waals surface area contributed by atoms with Crippen LogP contribution in [0.2, 0.25) is 0 Å². The second kappa shape index (κ2) is 7.53. The molecule has 4 rings (SSSR count). The quantitative estimate of drug-likeness (QED) is 0.680. The first-order valence-corrected chi connectivity index (χ1v) is 9.81. The van der Waals surface area contributed by atoms with Gasteiger partial charge in [0.2, 0.25) is 0 Å². The van der Waals surface area contributed by atoms with Gasteiger partial charge >= 0.3 is 0 Å². The van der Waals surface area contributed by atoms with Gasteiger partial charge in [0.15, 0.2) is 5.11 Å². The van der Waals surface area contributed by atoms with Crippen molar-refractivity contribution in [2.75, 3.05) is 11.9 Å². The highest BCUT2D eigenvalue weighted by Gasteiger charge is 2.30. The van der Waals surface area contributed by atoms with E-state index in [-0.39, 0.29) is 6.04 Å². The molecule has 0 saturated carbocycles. The fraction of sp³-hybridized carbons (Fsp3) is 0.273. The van der Waals surface area contributed by atoms with E-state index in [1.165, 1.54) is 22.4 Å². The van der Waals surface area contributed by atoms with Gasteiger partial charge in [-0.15, -0.1) is 0 Å². The van der Waals surface area contributed by atoms with Crippen molar-refractivity contribution in [1.82, 2.24) is 14.5 Å². The third-order valence-electron chi connectivity index (χ3n) is 5.29. The molecule has 3 heterocycles. The van der Waals surface area contributed by atoms with E-state index in [4.69, 9.17) is 12.2 Å². The number of fused-ring (bicyclic) bond motifs is 1. The molecular formula is C22H24N4S. The average molecular weight is 377 g/mol. The van der Waals surface area contributed by atoms with Crippen LogP contribution in [-0.2, 0) is 13.0 Å². The summed E-state index contributed by atoms with van der Waals surface area (Å²) in [5, 5.41) is 4.33. The zero-order chi connectivity index (χ0) is 18.8. The average Bonchev–Trinajstić information content (AvgIpc) is 3.18. The largest absolute Gasteiger partial charge is 0.348 e. The molecule has 0 spiro atoms. The van der Waals surface area contributed by atoms with Crippen molar-refractivity contribution < 1.29 is 0 Å². The first-order chi connectivity index (χ1) is 13.2. The minimum atomic E-state index is 0.0887. The van der Waals surface area contributed by atoms with Crippen LogP contribution in [0.15, 0.2) is 61.1 Å². The molecule has 0 unspecified atom stereocenters. The number of nitrogens with one attached hydrogen (secondary N) is 1. The van der Waals surface area contributed by atoms with Crippen molar-refractivity contribution in [2.45, 2.75) is 32.9 Å². The number of benzene rings is 1. The third-order valence-corrected chi connectivity index (χ3v) is 5.63. The lowest BCUT2D eigenvalue weighted by molar-refractivity contribution is 0.293. The third kappa shape index (κ3) is 3.35. The van der Waals surface area contributed by atoms with Gasteiger partial charge in [0.05, 0.1) is 6.04 Å². The minimum absolute atomic E-state index is 0.0887. The summed E-state index contributed by atoms with van der Waals surface area (Å²) in [7, 11) is 0. The molecule has 1 atom stereocenters. The molecule has 3 aromatic rings. The van der Waals surface area contributed by atoms with Crippen LogP contribution in [-0.4, -0.2) is 26.1 Å². The van der Waals surface area contributed by atoms with Gasteiger partial charge in [-0.1, -0.05) is 25.1 Å². The summed E-state index contributed by atoms with van der Waals surface area (Å²) in [4.78, 5) is 6.48. The molecule has 1 aliphatic heterocycles. The fourth-order valence-electron chi connectivity index (χ4n) is 3.88. The van der Waals surface area contributed by atoms with E-state index in [1.54, 1.807) is 0 Å². The van der Waals surface area contributed by atoms with E-state index >= 15 is 0 Å². The van der Waals surface area contributed by atoms with Crippen LogP contribution in [0.4, 0.5) is 5.69 Å². The zero-order valence-corrected chi connectivity index (χ0v) is 16.5. The predicted molar refractivity (Wildman–Crippen MR) is 114 cm³/mol. The lowest BCUT2D eigenvalue weighted by Gasteiger charge is -2.39. The van der Waals surface area contributed by atoms with E-state index in [1.807, 2.05) is 12.4 Å². The van der Waals surface area contributed by atoms with E-state index in [0.717, 1.165) is 30.3 Å². The highest BCUT2D eigenvalue weighted by Crippen LogP contribution is 2.33. The van der Waals surface area contributed by atoms with Gasteiger partial charge in [0.25, 0.3) is 0 Å². The number of hydrogen-bond donors (Lipinski definition) is 1. The van der Waals surface area contributed by atoms with Crippen molar-refractivity contribution in [1.29, 1.82) is 0 Å². The Kier molecular flexibility index (Phi) is 4.94. The monoisotopic (exact) mass is 376 g/mol. The molecule has 0 aliphatic carbocycles. The van der Waals surface area contributed by atoms with Crippen molar-refractivity contribution in [3.8, 4) is 0 Å². The number of aromatic nitrogens is 2. The van der Waals surface area contributed by atoms with Crippen molar-refractivity contribution in [3.63, 3.8) is 0 Å². The van der Waals surface area contributed by atoms with Crippen LogP contribution >= 0.6 is 12.2 Å². The molecule has 1 N–H and O–H groups in total. The molecule has 0 saturated heterocycles. The molecule has 0 radical (unpaired) electrons. The van der Waals surface area contributed by atoms with Gasteiger partial charge in [0.1, 0.15) is 0 Å². The van der Waals surface area contributed by atoms with E-state index in [0.29, 0.717) is 0 Å². The van der Waals surface area contributed by atoms with Gasteiger partial charge in [-0.25, -0.2) is 0 Å². The Bertz CT molecular complexity index is 948. The molecule has 0 fully saturated rings. The first-order valence-electron chi connectivity index (χ1n) is 9.40. The summed E-state index contributed by atoms with van der Waals surface area (Å²) in [5.41, 5.74) is 6.11. The maximum absolute atomic E-state index is 5.89. The topological polar surface area (TPSA) is 33.1 Å². The Hall–Kier alpha value is -2.66. The summed E-state index contributed by atoms with van der Waals surface area (Å²) in [6, 6.07) is 14.9. The normalized spacial score (nSPS) is 16.1. The molecule has 27 heavy (non-hydrogen) atoms. The summed E-state index contributed by atoms with van der Waals surface area (Å²) in [6.07, 6.45) is 6.82. The van der Waals surface area contributed by atoms with E-state index in [2.05, 4.69) is 82.3 Å². The highest BCUT2D eigenvalue weighted by atomic mass is 32.1. The Morgan fingerprint density at radius 1 is 1.15 bits per heavy atom. The van der Waals surface area contributed by atoms with Crippen LogP contribution in [0.1, 0.15) is 35.3 Å². The molecule has 1 aliphatic rings. The van der Waals surface area contributed by atoms with Crippen LogP contribution in [0.5, 0.6) is 0 Å². The number of thiocarbonyl (C=S) groups is 1. The molecule has 1 aromatic carbocycles. The number of aryl methyl sites for hydroxylation is 2. The number of para-hydroxylation sites is 1. The number of pyridine rings is 1. The highest BCUT2D eigenvalue weighted by molar-refractivity contribution is 7.80. The van der Waals surface area contributed by atoms with Crippen LogP contribution < -0.4 is 5.32 Å². The molecule has 0 bridgehead atoms. The number of rotatable bonds is 3. The molecule has 4 nitrogen and oxygen atoms in total. The van der Waals surface area contributed by atoms with Gasteiger partial charge in [0, 0.05) is 43.1 Å². The second-order valence-corrected chi connectivity index (χ2v) is 7.28. The Morgan fingerprint density at radius 3 is 2.74 bits per heavy atom. The van der Waals surface area contributed by atoms with Crippen LogP contribution in [0, 0.1) is 6.92 Å². The van der Waals surface area contributed by atoms with E-state index < -0.39 is 0 Å². The zero-order valence-electron chi connectivity index (χ0n) is 15.7. The Balaban J connectivity index is 1.69. The van der Waals surface area contributed by atoms with Crippen LogP contribution in [0.25, 0.3) is 0 Å². The fourth-order valence-corrected chi connectivity index (χ4v) is 4.18. The molecule has 138 valence electrons. The number of anilines is 1. The lowest BCUT2D eigenvalue weighted by atomic mass is 10.0.